The summed E-state index contributed by atoms with van der Waals surface area (Å²) in [5, 5.41) is 0. The SMILES string of the molecule is COc1cc(Br)c(OC2CC(N)C23CCCC3)cc1Br. The summed E-state index contributed by atoms with van der Waals surface area (Å²) in [5.74, 6) is 1.66. The van der Waals surface area contributed by atoms with Crippen LogP contribution in [0, 0.1) is 5.41 Å². The molecule has 2 unspecified atom stereocenters. The predicted molar refractivity (Wildman–Crippen MR) is 86.3 cm³/mol. The van der Waals surface area contributed by atoms with Gasteiger partial charge >= 0.3 is 0 Å². The molecule has 1 spiro atoms. The average molecular weight is 405 g/mol. The second-order valence-electron chi connectivity index (χ2n) is 5.81. The molecule has 0 heterocycles. The van der Waals surface area contributed by atoms with Crippen LogP contribution in [0.15, 0.2) is 21.1 Å². The Hall–Kier alpha value is -0.260. The van der Waals surface area contributed by atoms with Crippen LogP contribution in [0.5, 0.6) is 11.5 Å². The molecule has 2 aliphatic rings. The van der Waals surface area contributed by atoms with Gasteiger partial charge in [0, 0.05) is 17.9 Å². The molecule has 3 rings (SSSR count). The zero-order valence-electron chi connectivity index (χ0n) is 11.5. The summed E-state index contributed by atoms with van der Waals surface area (Å²) >= 11 is 7.07. The van der Waals surface area contributed by atoms with E-state index in [-0.39, 0.29) is 11.5 Å². The number of hydrogen-bond acceptors (Lipinski definition) is 3. The Bertz CT molecular complexity index is 515. The van der Waals surface area contributed by atoms with Gasteiger partial charge in [-0.2, -0.15) is 0 Å². The third kappa shape index (κ3) is 2.28. The number of nitrogens with two attached hydrogens (primary N) is 1. The van der Waals surface area contributed by atoms with Crippen molar-refractivity contribution in [2.45, 2.75) is 44.2 Å². The van der Waals surface area contributed by atoms with Gasteiger partial charge < -0.3 is 15.2 Å². The van der Waals surface area contributed by atoms with Gasteiger partial charge in [-0.15, -0.1) is 0 Å². The lowest BCUT2D eigenvalue weighted by molar-refractivity contribution is -0.0624. The van der Waals surface area contributed by atoms with Gasteiger partial charge in [0.15, 0.2) is 0 Å². The Morgan fingerprint density at radius 3 is 2.35 bits per heavy atom. The highest BCUT2D eigenvalue weighted by atomic mass is 79.9. The fourth-order valence-corrected chi connectivity index (χ4v) is 4.48. The van der Waals surface area contributed by atoms with Crippen molar-refractivity contribution in [2.75, 3.05) is 7.11 Å². The van der Waals surface area contributed by atoms with E-state index >= 15 is 0 Å². The second kappa shape index (κ2) is 5.50. The third-order valence-corrected chi connectivity index (χ3v) is 6.10. The van der Waals surface area contributed by atoms with Gasteiger partial charge in [0.05, 0.1) is 16.1 Å². The quantitative estimate of drug-likeness (QED) is 0.818. The lowest BCUT2D eigenvalue weighted by atomic mass is 9.61. The Kier molecular flexibility index (Phi) is 4.04. The van der Waals surface area contributed by atoms with Gasteiger partial charge in [-0.05, 0) is 56.8 Å². The molecule has 2 atom stereocenters. The number of halogens is 2. The van der Waals surface area contributed by atoms with Crippen molar-refractivity contribution in [1.29, 1.82) is 0 Å². The van der Waals surface area contributed by atoms with E-state index in [0.717, 1.165) is 26.9 Å². The van der Waals surface area contributed by atoms with Crippen molar-refractivity contribution in [3.8, 4) is 11.5 Å². The monoisotopic (exact) mass is 403 g/mol. The molecule has 20 heavy (non-hydrogen) atoms. The topological polar surface area (TPSA) is 44.5 Å². The summed E-state index contributed by atoms with van der Waals surface area (Å²) in [6.45, 7) is 0. The molecule has 3 nitrogen and oxygen atoms in total. The summed E-state index contributed by atoms with van der Waals surface area (Å²) in [6.07, 6.45) is 6.16. The van der Waals surface area contributed by atoms with Crippen molar-refractivity contribution in [3.05, 3.63) is 21.1 Å². The number of ether oxygens (including phenoxy) is 2. The molecule has 0 radical (unpaired) electrons. The van der Waals surface area contributed by atoms with Crippen LogP contribution in [-0.2, 0) is 0 Å². The standard InChI is InChI=1S/C15H19Br2NO2/c1-19-11-6-10(17)12(7-9(11)16)20-14-8-13(18)15(14)4-2-3-5-15/h6-7,13-14H,2-5,8,18H2,1H3. The molecule has 2 aliphatic carbocycles. The van der Waals surface area contributed by atoms with Crippen molar-refractivity contribution in [3.63, 3.8) is 0 Å². The lowest BCUT2D eigenvalue weighted by Gasteiger charge is -2.52. The van der Waals surface area contributed by atoms with Crippen LogP contribution in [0.3, 0.4) is 0 Å². The van der Waals surface area contributed by atoms with Gasteiger partial charge in [0.2, 0.25) is 0 Å². The molecule has 1 aromatic carbocycles. The molecule has 0 aliphatic heterocycles. The molecule has 0 aromatic heterocycles. The number of hydrogen-bond donors (Lipinski definition) is 1. The number of rotatable bonds is 3. The Balaban J connectivity index is 1.80. The normalized spacial score (nSPS) is 27.4. The van der Waals surface area contributed by atoms with Gasteiger partial charge in [0.25, 0.3) is 0 Å². The number of benzene rings is 1. The van der Waals surface area contributed by atoms with Crippen LogP contribution in [0.2, 0.25) is 0 Å². The number of methoxy groups -OCH3 is 1. The first-order valence-electron chi connectivity index (χ1n) is 7.02. The van der Waals surface area contributed by atoms with Crippen molar-refractivity contribution < 1.29 is 9.47 Å². The van der Waals surface area contributed by atoms with Crippen LogP contribution < -0.4 is 15.2 Å². The van der Waals surface area contributed by atoms with E-state index in [0.29, 0.717) is 6.04 Å². The zero-order chi connectivity index (χ0) is 14.3. The lowest BCUT2D eigenvalue weighted by Crippen LogP contribution is -2.62. The molecule has 110 valence electrons. The first kappa shape index (κ1) is 14.7. The largest absolute Gasteiger partial charge is 0.496 e. The summed E-state index contributed by atoms with van der Waals surface area (Å²) in [7, 11) is 1.66. The van der Waals surface area contributed by atoms with Crippen LogP contribution in [-0.4, -0.2) is 19.3 Å². The zero-order valence-corrected chi connectivity index (χ0v) is 14.7. The minimum absolute atomic E-state index is 0.214. The van der Waals surface area contributed by atoms with Crippen LogP contribution in [0.4, 0.5) is 0 Å². The molecule has 0 saturated heterocycles. The molecule has 0 amide bonds. The van der Waals surface area contributed by atoms with E-state index in [2.05, 4.69) is 31.9 Å². The van der Waals surface area contributed by atoms with Crippen LogP contribution in [0.1, 0.15) is 32.1 Å². The summed E-state index contributed by atoms with van der Waals surface area (Å²) in [6, 6.07) is 4.20. The Labute approximate surface area is 136 Å². The molecular formula is C15H19Br2NO2. The first-order valence-corrected chi connectivity index (χ1v) is 8.61. The van der Waals surface area contributed by atoms with Gasteiger partial charge in [-0.25, -0.2) is 0 Å². The predicted octanol–water partition coefficient (Wildman–Crippen LogP) is 4.26. The highest BCUT2D eigenvalue weighted by molar-refractivity contribution is 9.11. The highest BCUT2D eigenvalue weighted by Crippen LogP contribution is 2.54. The molecule has 5 heteroatoms. The fraction of sp³-hybridized carbons (Fsp3) is 0.600. The van der Waals surface area contributed by atoms with Gasteiger partial charge in [0.1, 0.15) is 17.6 Å². The fourth-order valence-electron chi connectivity index (χ4n) is 3.58. The minimum Gasteiger partial charge on any atom is -0.496 e. The molecular weight excluding hydrogens is 386 g/mol. The average Bonchev–Trinajstić information content (AvgIpc) is 2.94. The van der Waals surface area contributed by atoms with E-state index in [1.54, 1.807) is 7.11 Å². The van der Waals surface area contributed by atoms with Gasteiger partial charge in [-0.1, -0.05) is 12.8 Å². The summed E-state index contributed by atoms with van der Waals surface area (Å²) in [4.78, 5) is 0. The van der Waals surface area contributed by atoms with Crippen molar-refractivity contribution >= 4 is 31.9 Å². The van der Waals surface area contributed by atoms with Crippen molar-refractivity contribution in [1.82, 2.24) is 0 Å². The van der Waals surface area contributed by atoms with Gasteiger partial charge in [-0.3, -0.25) is 0 Å². The van der Waals surface area contributed by atoms with E-state index in [1.165, 1.54) is 25.7 Å². The Morgan fingerprint density at radius 1 is 1.15 bits per heavy atom. The highest BCUT2D eigenvalue weighted by Gasteiger charge is 2.56. The smallest absolute Gasteiger partial charge is 0.135 e. The van der Waals surface area contributed by atoms with E-state index in [4.69, 9.17) is 15.2 Å². The third-order valence-electron chi connectivity index (χ3n) is 4.86. The minimum atomic E-state index is 0.214. The molecule has 1 aromatic rings. The van der Waals surface area contributed by atoms with Crippen molar-refractivity contribution in [2.24, 2.45) is 11.1 Å². The summed E-state index contributed by atoms with van der Waals surface area (Å²) < 4.78 is 13.4. The van der Waals surface area contributed by atoms with E-state index < -0.39 is 0 Å². The molecule has 2 saturated carbocycles. The maximum atomic E-state index is 6.26. The molecule has 0 bridgehead atoms. The Morgan fingerprint density at radius 2 is 1.75 bits per heavy atom. The maximum Gasteiger partial charge on any atom is 0.135 e. The van der Waals surface area contributed by atoms with Crippen LogP contribution >= 0.6 is 31.9 Å². The maximum absolute atomic E-state index is 6.26. The van der Waals surface area contributed by atoms with E-state index in [1.807, 2.05) is 12.1 Å². The second-order valence-corrected chi connectivity index (χ2v) is 7.51. The summed E-state index contributed by atoms with van der Waals surface area (Å²) in [5.41, 5.74) is 6.47. The van der Waals surface area contributed by atoms with Crippen LogP contribution in [0.25, 0.3) is 0 Å². The van der Waals surface area contributed by atoms with E-state index in [9.17, 15) is 0 Å². The molecule has 2 N–H and O–H groups in total. The molecule has 2 fully saturated rings. The first-order chi connectivity index (χ1) is 9.56.